The van der Waals surface area contributed by atoms with Crippen molar-refractivity contribution in [2.75, 3.05) is 5.32 Å². The van der Waals surface area contributed by atoms with Gasteiger partial charge in [0.2, 0.25) is 15.9 Å². The quantitative estimate of drug-likeness (QED) is 0.400. The number of amides is 1. The average Bonchev–Trinajstić information content (AvgIpc) is 3.32. The largest absolute Gasteiger partial charge is 0.301 e. The highest BCUT2D eigenvalue weighted by Crippen LogP contribution is 2.31. The Morgan fingerprint density at radius 1 is 0.971 bits per heavy atom. The van der Waals surface area contributed by atoms with E-state index in [2.05, 4.69) is 10.3 Å². The van der Waals surface area contributed by atoms with Crippen molar-refractivity contribution in [3.05, 3.63) is 100 Å². The number of nitrogens with one attached hydrogen (secondary N) is 1. The summed E-state index contributed by atoms with van der Waals surface area (Å²) in [4.78, 5) is 18.0. The van der Waals surface area contributed by atoms with Crippen molar-refractivity contribution < 1.29 is 13.2 Å². The third kappa shape index (κ3) is 4.50. The number of hydrogen-bond donors (Lipinski definition) is 1. The van der Waals surface area contributed by atoms with Crippen LogP contribution in [0.25, 0.3) is 11.3 Å². The molecule has 0 bridgehead atoms. The number of benzene rings is 3. The molecule has 1 aromatic heterocycles. The van der Waals surface area contributed by atoms with Crippen molar-refractivity contribution in [2.45, 2.75) is 23.9 Å². The van der Waals surface area contributed by atoms with E-state index in [-0.39, 0.29) is 17.9 Å². The summed E-state index contributed by atoms with van der Waals surface area (Å²) in [7, 11) is -3.95. The molecule has 1 N–H and O–H groups in total. The number of anilines is 1. The number of hydrogen-bond acceptors (Lipinski definition) is 5. The third-order valence-electron chi connectivity index (χ3n) is 5.73. The van der Waals surface area contributed by atoms with E-state index in [0.717, 1.165) is 22.4 Å². The Hall–Kier alpha value is -3.04. The predicted octanol–water partition coefficient (Wildman–Crippen LogP) is 5.22. The number of fused-ring (bicyclic) bond motifs is 1. The molecule has 0 saturated heterocycles. The Morgan fingerprint density at radius 3 is 2.38 bits per heavy atom. The lowest BCUT2D eigenvalue weighted by molar-refractivity contribution is -0.120. The fourth-order valence-corrected chi connectivity index (χ4v) is 6.39. The zero-order valence-electron chi connectivity index (χ0n) is 17.9. The maximum Gasteiger partial charge on any atom is 0.244 e. The van der Waals surface area contributed by atoms with Gasteiger partial charge in [-0.2, -0.15) is 4.31 Å². The first-order chi connectivity index (χ1) is 16.4. The van der Waals surface area contributed by atoms with Crippen LogP contribution >= 0.6 is 22.9 Å². The van der Waals surface area contributed by atoms with Crippen molar-refractivity contribution in [1.82, 2.24) is 9.29 Å². The van der Waals surface area contributed by atoms with Crippen LogP contribution in [-0.4, -0.2) is 29.7 Å². The van der Waals surface area contributed by atoms with E-state index >= 15 is 0 Å². The Kier molecular flexibility index (Phi) is 6.22. The Morgan fingerprint density at radius 2 is 1.65 bits per heavy atom. The van der Waals surface area contributed by atoms with Gasteiger partial charge >= 0.3 is 0 Å². The van der Waals surface area contributed by atoms with Gasteiger partial charge in [-0.25, -0.2) is 13.4 Å². The third-order valence-corrected chi connectivity index (χ3v) is 8.61. The van der Waals surface area contributed by atoms with E-state index in [9.17, 15) is 13.2 Å². The smallest absolute Gasteiger partial charge is 0.244 e. The minimum absolute atomic E-state index is 0.0923. The van der Waals surface area contributed by atoms with Crippen LogP contribution in [0.15, 0.2) is 89.1 Å². The van der Waals surface area contributed by atoms with Gasteiger partial charge in [-0.05, 0) is 41.8 Å². The lowest BCUT2D eigenvalue weighted by atomic mass is 9.95. The topological polar surface area (TPSA) is 79.4 Å². The Bertz CT molecular complexity index is 1440. The summed E-state index contributed by atoms with van der Waals surface area (Å²) in [5, 5.41) is 5.56. The monoisotopic (exact) mass is 509 g/mol. The zero-order valence-corrected chi connectivity index (χ0v) is 20.3. The highest BCUT2D eigenvalue weighted by molar-refractivity contribution is 7.89. The molecule has 1 amide bonds. The second-order valence-corrected chi connectivity index (χ2v) is 11.1. The van der Waals surface area contributed by atoms with Crippen LogP contribution in [0, 0.1) is 0 Å². The van der Waals surface area contributed by atoms with Crippen LogP contribution in [0.2, 0.25) is 5.02 Å². The molecule has 1 aliphatic heterocycles. The summed E-state index contributed by atoms with van der Waals surface area (Å²) < 4.78 is 28.4. The number of halogens is 1. The molecule has 0 fully saturated rings. The number of carbonyl (C=O) groups is 1. The molecule has 1 aliphatic rings. The van der Waals surface area contributed by atoms with Gasteiger partial charge < -0.3 is 5.32 Å². The standard InChI is InChI=1S/C25H20ClN3O3S2/c26-20-10-12-21(13-11-20)34(31,32)29-15-19-9-5-4-8-18(19)14-23(29)24(30)28-25-27-22(16-33-25)17-6-2-1-3-7-17/h1-13,16,23H,14-15H2,(H,27,28,30)/t23-/m0/s1. The molecule has 5 rings (SSSR count). The summed E-state index contributed by atoms with van der Waals surface area (Å²) in [6.45, 7) is 0.104. The minimum atomic E-state index is -3.95. The van der Waals surface area contributed by atoms with E-state index in [1.54, 1.807) is 0 Å². The first-order valence-electron chi connectivity index (χ1n) is 10.6. The molecule has 2 heterocycles. The SMILES string of the molecule is O=C(Nc1nc(-c2ccccc2)cs1)[C@@H]1Cc2ccccc2CN1S(=O)(=O)c1ccc(Cl)cc1. The molecule has 3 aromatic carbocycles. The van der Waals surface area contributed by atoms with E-state index in [4.69, 9.17) is 11.6 Å². The van der Waals surface area contributed by atoms with Gasteiger partial charge in [0.1, 0.15) is 6.04 Å². The van der Waals surface area contributed by atoms with E-state index in [1.807, 2.05) is 60.0 Å². The number of thiazole rings is 1. The summed E-state index contributed by atoms with van der Waals surface area (Å²) in [6.07, 6.45) is 0.270. The van der Waals surface area contributed by atoms with Crippen LogP contribution in [0.5, 0.6) is 0 Å². The van der Waals surface area contributed by atoms with Gasteiger partial charge in [0.05, 0.1) is 10.6 Å². The van der Waals surface area contributed by atoms with Crippen LogP contribution in [0.3, 0.4) is 0 Å². The van der Waals surface area contributed by atoms with Crippen molar-refractivity contribution in [2.24, 2.45) is 0 Å². The second kappa shape index (κ2) is 9.31. The van der Waals surface area contributed by atoms with Gasteiger partial charge in [0.15, 0.2) is 5.13 Å². The van der Waals surface area contributed by atoms with Crippen LogP contribution in [-0.2, 0) is 27.8 Å². The fourth-order valence-electron chi connectivity index (χ4n) is 3.98. The lowest BCUT2D eigenvalue weighted by Crippen LogP contribution is -2.50. The molecule has 0 saturated carbocycles. The molecule has 6 nitrogen and oxygen atoms in total. The van der Waals surface area contributed by atoms with Crippen molar-refractivity contribution in [3.8, 4) is 11.3 Å². The minimum Gasteiger partial charge on any atom is -0.301 e. The Balaban J connectivity index is 1.45. The number of carbonyl (C=O) groups excluding carboxylic acids is 1. The van der Waals surface area contributed by atoms with Gasteiger partial charge in [-0.15, -0.1) is 11.3 Å². The average molecular weight is 510 g/mol. The maximum absolute atomic E-state index is 13.6. The van der Waals surface area contributed by atoms with E-state index in [0.29, 0.717) is 10.2 Å². The van der Waals surface area contributed by atoms with Crippen molar-refractivity contribution >= 4 is 44.0 Å². The van der Waals surface area contributed by atoms with Gasteiger partial charge in [-0.3, -0.25) is 4.79 Å². The second-order valence-electron chi connectivity index (χ2n) is 7.89. The summed E-state index contributed by atoms with van der Waals surface area (Å²) in [6, 6.07) is 22.3. The maximum atomic E-state index is 13.6. The number of rotatable bonds is 5. The molecule has 0 unspecified atom stereocenters. The predicted molar refractivity (Wildman–Crippen MR) is 134 cm³/mol. The Labute approximate surface area is 206 Å². The first kappa shape index (κ1) is 22.7. The first-order valence-corrected chi connectivity index (χ1v) is 13.3. The molecule has 0 radical (unpaired) electrons. The van der Waals surface area contributed by atoms with Crippen LogP contribution in [0.1, 0.15) is 11.1 Å². The van der Waals surface area contributed by atoms with Gasteiger partial charge in [0, 0.05) is 22.5 Å². The normalized spacial score (nSPS) is 16.1. The molecule has 0 aliphatic carbocycles. The van der Waals surface area contributed by atoms with Crippen LogP contribution in [0.4, 0.5) is 5.13 Å². The molecule has 4 aromatic rings. The number of sulfonamides is 1. The van der Waals surface area contributed by atoms with E-state index < -0.39 is 22.0 Å². The van der Waals surface area contributed by atoms with Gasteiger partial charge in [-0.1, -0.05) is 66.2 Å². The zero-order chi connectivity index (χ0) is 23.7. The highest BCUT2D eigenvalue weighted by atomic mass is 35.5. The van der Waals surface area contributed by atoms with E-state index in [1.165, 1.54) is 39.9 Å². The molecule has 9 heteroatoms. The molecule has 34 heavy (non-hydrogen) atoms. The summed E-state index contributed by atoms with van der Waals surface area (Å²) in [5.41, 5.74) is 3.53. The van der Waals surface area contributed by atoms with Gasteiger partial charge in [0.25, 0.3) is 0 Å². The number of nitrogens with zero attached hydrogens (tertiary/aromatic N) is 2. The van der Waals surface area contributed by atoms with Crippen molar-refractivity contribution in [3.63, 3.8) is 0 Å². The lowest BCUT2D eigenvalue weighted by Gasteiger charge is -2.34. The van der Waals surface area contributed by atoms with Crippen LogP contribution < -0.4 is 5.32 Å². The molecular formula is C25H20ClN3O3S2. The molecule has 0 spiro atoms. The molecule has 172 valence electrons. The number of aromatic nitrogens is 1. The summed E-state index contributed by atoms with van der Waals surface area (Å²) in [5.74, 6) is -0.416. The summed E-state index contributed by atoms with van der Waals surface area (Å²) >= 11 is 7.26. The van der Waals surface area contributed by atoms with Crippen molar-refractivity contribution in [1.29, 1.82) is 0 Å². The fraction of sp³-hybridized carbons (Fsp3) is 0.120. The molecular weight excluding hydrogens is 490 g/mol. The highest BCUT2D eigenvalue weighted by Gasteiger charge is 2.39. The molecule has 1 atom stereocenters.